The number of rotatable bonds is 9. The van der Waals surface area contributed by atoms with Gasteiger partial charge in [0, 0.05) is 0 Å². The Kier molecular flexibility index (Phi) is 7.52. The number of benzene rings is 2. The summed E-state index contributed by atoms with van der Waals surface area (Å²) in [5.74, 6) is 1.48. The van der Waals surface area contributed by atoms with Crippen molar-refractivity contribution in [1.29, 1.82) is 0 Å². The topological polar surface area (TPSA) is 35.5 Å². The van der Waals surface area contributed by atoms with Crippen LogP contribution in [-0.4, -0.2) is 12.6 Å². The number of esters is 1. The van der Waals surface area contributed by atoms with Crippen LogP contribution in [0.4, 0.5) is 0 Å². The molecule has 1 atom stereocenters. The summed E-state index contributed by atoms with van der Waals surface area (Å²) in [6, 6.07) is 14.8. The first-order chi connectivity index (χ1) is 12.1. The first-order valence-electron chi connectivity index (χ1n) is 9.19. The van der Waals surface area contributed by atoms with Crippen LogP contribution < -0.4 is 9.47 Å². The van der Waals surface area contributed by atoms with Gasteiger partial charge >= 0.3 is 5.97 Å². The monoisotopic (exact) mass is 340 g/mol. The molecule has 0 spiro atoms. The molecule has 0 bridgehead atoms. The lowest BCUT2D eigenvalue weighted by atomic mass is 9.98. The summed E-state index contributed by atoms with van der Waals surface area (Å²) in [6.45, 7) is 7.22. The Labute approximate surface area is 151 Å². The van der Waals surface area contributed by atoms with Crippen LogP contribution >= 0.6 is 0 Å². The van der Waals surface area contributed by atoms with E-state index < -0.39 is 0 Å². The normalized spacial score (nSPS) is 11.8. The molecule has 134 valence electrons. The number of unbranched alkanes of at least 4 members (excludes halogenated alkanes) is 2. The summed E-state index contributed by atoms with van der Waals surface area (Å²) in [4.78, 5) is 12.2. The van der Waals surface area contributed by atoms with E-state index in [0.717, 1.165) is 25.2 Å². The molecule has 0 heterocycles. The van der Waals surface area contributed by atoms with Crippen molar-refractivity contribution in [1.82, 2.24) is 0 Å². The van der Waals surface area contributed by atoms with Crippen molar-refractivity contribution in [3.8, 4) is 11.5 Å². The van der Waals surface area contributed by atoms with Gasteiger partial charge in [-0.25, -0.2) is 4.79 Å². The first-order valence-corrected chi connectivity index (χ1v) is 9.19. The summed E-state index contributed by atoms with van der Waals surface area (Å²) < 4.78 is 11.1. The van der Waals surface area contributed by atoms with E-state index in [0.29, 0.717) is 17.2 Å². The fourth-order valence-corrected chi connectivity index (χ4v) is 2.50. The van der Waals surface area contributed by atoms with Crippen molar-refractivity contribution in [2.24, 2.45) is 0 Å². The Morgan fingerprint density at radius 3 is 2.16 bits per heavy atom. The molecule has 0 aliphatic carbocycles. The van der Waals surface area contributed by atoms with Gasteiger partial charge in [0.1, 0.15) is 11.5 Å². The van der Waals surface area contributed by atoms with Crippen molar-refractivity contribution < 1.29 is 14.3 Å². The highest BCUT2D eigenvalue weighted by atomic mass is 16.5. The van der Waals surface area contributed by atoms with Crippen LogP contribution in [0.3, 0.4) is 0 Å². The number of hydrogen-bond acceptors (Lipinski definition) is 3. The highest BCUT2D eigenvalue weighted by Crippen LogP contribution is 2.21. The third kappa shape index (κ3) is 5.93. The standard InChI is InChI=1S/C22H28O3/c1-4-6-7-16-24-20-12-14-21(15-13-20)25-22(23)19-10-8-18(9-11-19)17(3)5-2/h8-15,17H,4-7,16H2,1-3H3. The summed E-state index contributed by atoms with van der Waals surface area (Å²) in [5, 5.41) is 0. The van der Waals surface area contributed by atoms with Gasteiger partial charge < -0.3 is 9.47 Å². The van der Waals surface area contributed by atoms with Gasteiger partial charge in [-0.05, 0) is 60.7 Å². The zero-order chi connectivity index (χ0) is 18.1. The van der Waals surface area contributed by atoms with Crippen LogP contribution in [-0.2, 0) is 0 Å². The Hall–Kier alpha value is -2.29. The van der Waals surface area contributed by atoms with Crippen LogP contribution in [0.5, 0.6) is 11.5 Å². The van der Waals surface area contributed by atoms with Crippen LogP contribution in [0.1, 0.15) is 68.3 Å². The molecule has 2 aromatic carbocycles. The zero-order valence-electron chi connectivity index (χ0n) is 15.5. The first kappa shape index (κ1) is 19.0. The van der Waals surface area contributed by atoms with E-state index in [1.165, 1.54) is 18.4 Å². The van der Waals surface area contributed by atoms with Crippen molar-refractivity contribution in [2.75, 3.05) is 6.61 Å². The SMILES string of the molecule is CCCCCOc1ccc(OC(=O)c2ccc(C(C)CC)cc2)cc1. The Bertz CT molecular complexity index is 644. The summed E-state index contributed by atoms with van der Waals surface area (Å²) in [6.07, 6.45) is 4.48. The van der Waals surface area contributed by atoms with Gasteiger partial charge in [0.15, 0.2) is 0 Å². The molecule has 3 nitrogen and oxygen atoms in total. The van der Waals surface area contributed by atoms with Gasteiger partial charge in [-0.2, -0.15) is 0 Å². The van der Waals surface area contributed by atoms with Gasteiger partial charge in [-0.3, -0.25) is 0 Å². The quantitative estimate of drug-likeness (QED) is 0.319. The second kappa shape index (κ2) is 9.87. The van der Waals surface area contributed by atoms with Crippen molar-refractivity contribution in [3.63, 3.8) is 0 Å². The predicted molar refractivity (Wildman–Crippen MR) is 102 cm³/mol. The average molecular weight is 340 g/mol. The maximum absolute atomic E-state index is 12.2. The minimum atomic E-state index is -0.340. The lowest BCUT2D eigenvalue weighted by Crippen LogP contribution is -2.08. The van der Waals surface area contributed by atoms with Crippen molar-refractivity contribution >= 4 is 5.97 Å². The number of carbonyl (C=O) groups is 1. The number of hydrogen-bond donors (Lipinski definition) is 0. The Balaban J connectivity index is 1.89. The minimum Gasteiger partial charge on any atom is -0.494 e. The maximum Gasteiger partial charge on any atom is 0.343 e. The molecule has 0 amide bonds. The third-order valence-electron chi connectivity index (χ3n) is 4.38. The van der Waals surface area contributed by atoms with E-state index in [9.17, 15) is 4.79 Å². The highest BCUT2D eigenvalue weighted by molar-refractivity contribution is 5.91. The zero-order valence-corrected chi connectivity index (χ0v) is 15.5. The molecule has 2 aromatic rings. The lowest BCUT2D eigenvalue weighted by molar-refractivity contribution is 0.0734. The predicted octanol–water partition coefficient (Wildman–Crippen LogP) is 5.99. The summed E-state index contributed by atoms with van der Waals surface area (Å²) >= 11 is 0. The molecule has 25 heavy (non-hydrogen) atoms. The average Bonchev–Trinajstić information content (AvgIpc) is 2.66. The fourth-order valence-electron chi connectivity index (χ4n) is 2.50. The van der Waals surface area contributed by atoms with Crippen LogP contribution in [0, 0.1) is 0 Å². The van der Waals surface area contributed by atoms with Gasteiger partial charge in [0.25, 0.3) is 0 Å². The van der Waals surface area contributed by atoms with Gasteiger partial charge in [0.05, 0.1) is 12.2 Å². The number of carbonyl (C=O) groups excluding carboxylic acids is 1. The second-order valence-corrected chi connectivity index (χ2v) is 6.35. The van der Waals surface area contributed by atoms with E-state index in [2.05, 4.69) is 20.8 Å². The van der Waals surface area contributed by atoms with Crippen LogP contribution in [0.15, 0.2) is 48.5 Å². The van der Waals surface area contributed by atoms with Gasteiger partial charge in [-0.1, -0.05) is 45.7 Å². The second-order valence-electron chi connectivity index (χ2n) is 6.35. The van der Waals surface area contributed by atoms with E-state index in [4.69, 9.17) is 9.47 Å². The molecule has 0 saturated heterocycles. The molecule has 0 saturated carbocycles. The summed E-state index contributed by atoms with van der Waals surface area (Å²) in [7, 11) is 0. The maximum atomic E-state index is 12.2. The molecule has 3 heteroatoms. The van der Waals surface area contributed by atoms with Crippen molar-refractivity contribution in [2.45, 2.75) is 52.4 Å². The van der Waals surface area contributed by atoms with E-state index in [1.807, 2.05) is 36.4 Å². The van der Waals surface area contributed by atoms with Crippen LogP contribution in [0.25, 0.3) is 0 Å². The molecule has 2 rings (SSSR count). The smallest absolute Gasteiger partial charge is 0.343 e. The molecule has 0 fully saturated rings. The molecule has 0 aliphatic heterocycles. The molecule has 0 aliphatic rings. The lowest BCUT2D eigenvalue weighted by Gasteiger charge is -2.10. The Morgan fingerprint density at radius 1 is 0.920 bits per heavy atom. The molecule has 1 unspecified atom stereocenters. The molecule has 0 radical (unpaired) electrons. The molecular formula is C22H28O3. The fraction of sp³-hybridized carbons (Fsp3) is 0.409. The van der Waals surface area contributed by atoms with E-state index >= 15 is 0 Å². The third-order valence-corrected chi connectivity index (χ3v) is 4.38. The minimum absolute atomic E-state index is 0.340. The summed E-state index contributed by atoms with van der Waals surface area (Å²) in [5.41, 5.74) is 1.80. The highest BCUT2D eigenvalue weighted by Gasteiger charge is 2.10. The van der Waals surface area contributed by atoms with Gasteiger partial charge in [-0.15, -0.1) is 0 Å². The molecule has 0 aromatic heterocycles. The Morgan fingerprint density at radius 2 is 1.56 bits per heavy atom. The van der Waals surface area contributed by atoms with Gasteiger partial charge in [0.2, 0.25) is 0 Å². The number of ether oxygens (including phenoxy) is 2. The largest absolute Gasteiger partial charge is 0.494 e. The van der Waals surface area contributed by atoms with E-state index in [1.54, 1.807) is 12.1 Å². The van der Waals surface area contributed by atoms with Crippen LogP contribution in [0.2, 0.25) is 0 Å². The van der Waals surface area contributed by atoms with E-state index in [-0.39, 0.29) is 5.97 Å². The molecular weight excluding hydrogens is 312 g/mol. The molecule has 0 N–H and O–H groups in total. The van der Waals surface area contributed by atoms with Crippen molar-refractivity contribution in [3.05, 3.63) is 59.7 Å².